The summed E-state index contributed by atoms with van der Waals surface area (Å²) in [6, 6.07) is 9.56. The molecule has 3 aromatic rings. The van der Waals surface area contributed by atoms with Gasteiger partial charge in [-0.1, -0.05) is 23.7 Å². The first-order valence-corrected chi connectivity index (χ1v) is 6.13. The van der Waals surface area contributed by atoms with Gasteiger partial charge in [0.05, 0.1) is 22.9 Å². The highest BCUT2D eigenvalue weighted by Crippen LogP contribution is 2.32. The standard InChI is InChI=1S/C13H11BClN3O/c14-19-10-5-11(8-1-3-9(16)4-2-8)13-12(15)6-17-18(13)7-10/h1-7H,14,16H2. The zero-order chi connectivity index (χ0) is 13.4. The number of rotatable bonds is 2. The van der Waals surface area contributed by atoms with E-state index in [9.17, 15) is 0 Å². The third-order valence-corrected chi connectivity index (χ3v) is 3.28. The Kier molecular flexibility index (Phi) is 2.83. The van der Waals surface area contributed by atoms with Gasteiger partial charge >= 0.3 is 8.05 Å². The minimum absolute atomic E-state index is 0.606. The van der Waals surface area contributed by atoms with Gasteiger partial charge in [0, 0.05) is 11.3 Å². The van der Waals surface area contributed by atoms with Crippen LogP contribution in [0.15, 0.2) is 42.7 Å². The van der Waals surface area contributed by atoms with Crippen LogP contribution in [0.1, 0.15) is 0 Å². The van der Waals surface area contributed by atoms with Crippen LogP contribution in [0.3, 0.4) is 0 Å². The number of pyridine rings is 1. The van der Waals surface area contributed by atoms with Crippen LogP contribution in [0.4, 0.5) is 5.69 Å². The molecule has 1 aromatic carbocycles. The molecule has 2 aromatic heterocycles. The number of hydrogen-bond acceptors (Lipinski definition) is 3. The minimum atomic E-state index is 0.606. The molecule has 94 valence electrons. The number of aromatic nitrogens is 2. The third kappa shape index (κ3) is 2.02. The molecule has 4 nitrogen and oxygen atoms in total. The Balaban J connectivity index is 2.31. The van der Waals surface area contributed by atoms with Gasteiger partial charge in [-0.3, -0.25) is 0 Å². The van der Waals surface area contributed by atoms with Crippen LogP contribution in [0.25, 0.3) is 16.6 Å². The molecule has 0 bridgehead atoms. The molecule has 0 spiro atoms. The van der Waals surface area contributed by atoms with Crippen LogP contribution in [0.2, 0.25) is 5.02 Å². The summed E-state index contributed by atoms with van der Waals surface area (Å²) in [4.78, 5) is 0. The third-order valence-electron chi connectivity index (χ3n) is 3.00. The molecular weight excluding hydrogens is 260 g/mol. The fraction of sp³-hybridized carbons (Fsp3) is 0. The largest absolute Gasteiger partial charge is 0.567 e. The molecule has 0 aliphatic rings. The SMILES string of the molecule is BOc1cc(-c2ccc(N)cc2)c2c(Cl)cnn2c1. The van der Waals surface area contributed by atoms with E-state index in [-0.39, 0.29) is 0 Å². The number of nitrogens with zero attached hydrogens (tertiary/aromatic N) is 2. The lowest BCUT2D eigenvalue weighted by molar-refractivity contribution is 0.608. The Morgan fingerprint density at radius 3 is 2.68 bits per heavy atom. The van der Waals surface area contributed by atoms with Gasteiger partial charge in [-0.15, -0.1) is 0 Å². The van der Waals surface area contributed by atoms with Crippen molar-refractivity contribution in [3.05, 3.63) is 47.7 Å². The topological polar surface area (TPSA) is 52.5 Å². The molecule has 2 N–H and O–H groups in total. The van der Waals surface area contributed by atoms with Crippen molar-refractivity contribution in [3.8, 4) is 16.9 Å². The van der Waals surface area contributed by atoms with Crippen LogP contribution in [-0.4, -0.2) is 17.7 Å². The Labute approximate surface area is 116 Å². The summed E-state index contributed by atoms with van der Waals surface area (Å²) in [5, 5.41) is 4.82. The number of hydrogen-bond donors (Lipinski definition) is 1. The second-order valence-electron chi connectivity index (χ2n) is 4.20. The molecule has 2 heterocycles. The van der Waals surface area contributed by atoms with E-state index in [1.807, 2.05) is 30.3 Å². The first kappa shape index (κ1) is 11.9. The summed E-state index contributed by atoms with van der Waals surface area (Å²) < 4.78 is 7.00. The van der Waals surface area contributed by atoms with Gasteiger partial charge < -0.3 is 10.4 Å². The molecule has 0 aliphatic heterocycles. The highest BCUT2D eigenvalue weighted by atomic mass is 35.5. The Bertz CT molecular complexity index is 739. The highest BCUT2D eigenvalue weighted by Gasteiger charge is 2.11. The van der Waals surface area contributed by atoms with Crippen molar-refractivity contribution in [3.63, 3.8) is 0 Å². The number of fused-ring (bicyclic) bond motifs is 1. The smallest absolute Gasteiger partial charge is 0.322 e. The van der Waals surface area contributed by atoms with Crippen molar-refractivity contribution in [2.24, 2.45) is 0 Å². The van der Waals surface area contributed by atoms with E-state index in [4.69, 9.17) is 22.0 Å². The summed E-state index contributed by atoms with van der Waals surface area (Å²) in [5.74, 6) is 0.721. The number of nitrogen functional groups attached to an aromatic ring is 1. The maximum atomic E-state index is 6.21. The maximum absolute atomic E-state index is 6.21. The van der Waals surface area contributed by atoms with E-state index in [0.717, 1.165) is 28.1 Å². The van der Waals surface area contributed by atoms with Gasteiger partial charge in [-0.25, -0.2) is 4.52 Å². The van der Waals surface area contributed by atoms with Crippen LogP contribution in [0, 0.1) is 0 Å². The van der Waals surface area contributed by atoms with E-state index >= 15 is 0 Å². The van der Waals surface area contributed by atoms with Gasteiger partial charge in [-0.05, 0) is 23.8 Å². The summed E-state index contributed by atoms with van der Waals surface area (Å²) >= 11 is 6.21. The number of anilines is 1. The first-order chi connectivity index (χ1) is 9.19. The maximum Gasteiger partial charge on any atom is 0.322 e. The Morgan fingerprint density at radius 1 is 1.26 bits per heavy atom. The van der Waals surface area contributed by atoms with Crippen molar-refractivity contribution >= 4 is 30.9 Å². The molecule has 0 saturated heterocycles. The molecule has 0 amide bonds. The van der Waals surface area contributed by atoms with Crippen LogP contribution >= 0.6 is 11.6 Å². The molecule has 0 fully saturated rings. The van der Waals surface area contributed by atoms with E-state index in [2.05, 4.69) is 5.10 Å². The predicted octanol–water partition coefficient (Wildman–Crippen LogP) is 2.16. The molecule has 19 heavy (non-hydrogen) atoms. The lowest BCUT2D eigenvalue weighted by atomic mass is 10.0. The lowest BCUT2D eigenvalue weighted by Crippen LogP contribution is -1.94. The van der Waals surface area contributed by atoms with Crippen LogP contribution in [-0.2, 0) is 0 Å². The molecule has 0 saturated carbocycles. The second-order valence-corrected chi connectivity index (χ2v) is 4.61. The van der Waals surface area contributed by atoms with E-state index < -0.39 is 0 Å². The van der Waals surface area contributed by atoms with Crippen molar-refractivity contribution in [2.75, 3.05) is 5.73 Å². The highest BCUT2D eigenvalue weighted by molar-refractivity contribution is 6.34. The van der Waals surface area contributed by atoms with Gasteiger partial charge in [-0.2, -0.15) is 5.10 Å². The molecule has 0 radical (unpaired) electrons. The Hall–Kier alpha value is -2.14. The fourth-order valence-corrected chi connectivity index (χ4v) is 2.29. The molecule has 6 heteroatoms. The van der Waals surface area contributed by atoms with Crippen molar-refractivity contribution in [1.82, 2.24) is 9.61 Å². The van der Waals surface area contributed by atoms with Crippen LogP contribution in [0.5, 0.6) is 5.75 Å². The quantitative estimate of drug-likeness (QED) is 0.574. The molecular formula is C13H11BClN3O. The summed E-state index contributed by atoms with van der Waals surface area (Å²) in [7, 11) is 1.62. The van der Waals surface area contributed by atoms with E-state index in [1.165, 1.54) is 0 Å². The Morgan fingerprint density at radius 2 is 2.00 bits per heavy atom. The summed E-state index contributed by atoms with van der Waals surface area (Å²) in [5.41, 5.74) is 9.27. The van der Waals surface area contributed by atoms with Gasteiger partial charge in [0.15, 0.2) is 0 Å². The van der Waals surface area contributed by atoms with Gasteiger partial charge in [0.25, 0.3) is 0 Å². The van der Waals surface area contributed by atoms with Crippen molar-refractivity contribution < 1.29 is 4.65 Å². The normalized spacial score (nSPS) is 10.8. The second kappa shape index (κ2) is 4.51. The average molecular weight is 272 g/mol. The monoisotopic (exact) mass is 271 g/mol. The number of halogens is 1. The summed E-state index contributed by atoms with van der Waals surface area (Å²) in [6.07, 6.45) is 3.42. The summed E-state index contributed by atoms with van der Waals surface area (Å²) in [6.45, 7) is 0. The van der Waals surface area contributed by atoms with Crippen molar-refractivity contribution in [2.45, 2.75) is 0 Å². The first-order valence-electron chi connectivity index (χ1n) is 5.76. The van der Waals surface area contributed by atoms with Crippen LogP contribution < -0.4 is 10.4 Å². The molecule has 3 rings (SSSR count). The van der Waals surface area contributed by atoms with Gasteiger partial charge in [0.1, 0.15) is 5.75 Å². The predicted molar refractivity (Wildman–Crippen MR) is 79.2 cm³/mol. The van der Waals surface area contributed by atoms with E-state index in [1.54, 1.807) is 25.0 Å². The fourth-order valence-electron chi connectivity index (χ4n) is 2.05. The van der Waals surface area contributed by atoms with E-state index in [0.29, 0.717) is 5.02 Å². The van der Waals surface area contributed by atoms with Gasteiger partial charge in [0.2, 0.25) is 0 Å². The molecule has 0 unspecified atom stereocenters. The molecule has 0 atom stereocenters. The zero-order valence-electron chi connectivity index (χ0n) is 10.3. The minimum Gasteiger partial charge on any atom is -0.567 e. The van der Waals surface area contributed by atoms with Crippen molar-refractivity contribution in [1.29, 1.82) is 0 Å². The average Bonchev–Trinajstić information content (AvgIpc) is 2.80. The zero-order valence-corrected chi connectivity index (χ0v) is 11.1. The lowest BCUT2D eigenvalue weighted by Gasteiger charge is -2.09. The molecule has 0 aliphatic carbocycles. The number of benzene rings is 1. The number of nitrogens with two attached hydrogens (primary N) is 1.